The van der Waals surface area contributed by atoms with Crippen LogP contribution in [0.1, 0.15) is 79.6 Å². The van der Waals surface area contributed by atoms with Gasteiger partial charge in [0, 0.05) is 103 Å². The van der Waals surface area contributed by atoms with E-state index in [0.717, 1.165) is 120 Å². The molecule has 0 fully saturated rings. The maximum absolute atomic E-state index is 9.76. The van der Waals surface area contributed by atoms with Gasteiger partial charge in [-0.25, -0.2) is 0 Å². The molecule has 0 aliphatic carbocycles. The lowest BCUT2D eigenvalue weighted by Gasteiger charge is -2.06. The van der Waals surface area contributed by atoms with Gasteiger partial charge in [-0.3, -0.25) is 4.68 Å². The molecule has 0 amide bonds. The molecule has 0 atom stereocenters. The van der Waals surface area contributed by atoms with Crippen molar-refractivity contribution in [3.05, 3.63) is 300 Å². The van der Waals surface area contributed by atoms with Crippen LogP contribution >= 0.6 is 46.4 Å². The van der Waals surface area contributed by atoms with E-state index < -0.39 is 0 Å². The summed E-state index contributed by atoms with van der Waals surface area (Å²) in [6, 6.07) is 67.5. The van der Waals surface area contributed by atoms with Crippen LogP contribution in [-0.2, 0) is 39.5 Å². The Labute approximate surface area is 540 Å². The summed E-state index contributed by atoms with van der Waals surface area (Å²) in [5, 5.41) is 39.6. The Morgan fingerprint density at radius 3 is 1.15 bits per heavy atom. The highest BCUT2D eigenvalue weighted by atomic mass is 35.5. The molecule has 4 aromatic heterocycles. The first-order chi connectivity index (χ1) is 43.2. The predicted octanol–water partition coefficient (Wildman–Crippen LogP) is 20.7. The highest BCUT2D eigenvalue weighted by Gasteiger charge is 2.15. The van der Waals surface area contributed by atoms with Gasteiger partial charge in [0.15, 0.2) is 0 Å². The number of rotatable bonds is 16. The fourth-order valence-corrected chi connectivity index (χ4v) is 11.5. The number of allylic oxidation sites excluding steroid dienone is 3. The number of hydrogen-bond acceptors (Lipinski definition) is 4. The lowest BCUT2D eigenvalue weighted by molar-refractivity contribution is 0.662. The van der Waals surface area contributed by atoms with E-state index in [1.54, 1.807) is 4.68 Å². The third-order valence-corrected chi connectivity index (χ3v) is 16.5. The van der Waals surface area contributed by atoms with Gasteiger partial charge in [0.05, 0.1) is 64.2 Å². The number of hydrogen-bond donors (Lipinski definition) is 0. The summed E-state index contributed by atoms with van der Waals surface area (Å²) in [5.41, 5.74) is 18.2. The molecule has 0 bridgehead atoms. The Morgan fingerprint density at radius 1 is 0.416 bits per heavy atom. The fraction of sp³-hybridized carbons (Fsp3) is 0.143. The Balaban J connectivity index is 0.000000147. The smallest absolute Gasteiger partial charge is 0.0998 e. The largest absolute Gasteiger partial charge is 0.347 e. The summed E-state index contributed by atoms with van der Waals surface area (Å²) in [6.45, 7) is 8.57. The minimum absolute atomic E-state index is 0.635. The first kappa shape index (κ1) is 62.5. The second kappa shape index (κ2) is 29.4. The van der Waals surface area contributed by atoms with E-state index in [2.05, 4.69) is 92.0 Å². The lowest BCUT2D eigenvalue weighted by atomic mass is 10.0. The molecule has 0 aliphatic heterocycles. The predicted molar refractivity (Wildman–Crippen MR) is 372 cm³/mol. The van der Waals surface area contributed by atoms with Crippen LogP contribution in [0.2, 0.25) is 20.1 Å². The number of benzene rings is 8. The van der Waals surface area contributed by atoms with Gasteiger partial charge in [-0.1, -0.05) is 197 Å². The second-order valence-electron chi connectivity index (χ2n) is 22.2. The Hall–Kier alpha value is -9.56. The van der Waals surface area contributed by atoms with Crippen molar-refractivity contribution in [2.24, 2.45) is 7.05 Å². The molecular weight excluding hydrogens is 1180 g/mol. The maximum Gasteiger partial charge on any atom is 0.0998 e. The van der Waals surface area contributed by atoms with E-state index in [9.17, 15) is 15.8 Å². The van der Waals surface area contributed by atoms with Gasteiger partial charge < -0.3 is 13.7 Å². The number of nitrogens with zero attached hydrogens (tertiary/aromatic N) is 8. The average molecular weight is 1240 g/mol. The van der Waals surface area contributed by atoms with Crippen molar-refractivity contribution in [1.82, 2.24) is 23.5 Å². The number of aryl methyl sites for hydroxylation is 8. The first-order valence-corrected chi connectivity index (χ1v) is 30.9. The molecular formula is C77H64Cl4N8. The van der Waals surface area contributed by atoms with E-state index in [1.807, 2.05) is 204 Å². The van der Waals surface area contributed by atoms with Gasteiger partial charge >= 0.3 is 0 Å². The van der Waals surface area contributed by atoms with Gasteiger partial charge in [-0.15, -0.1) is 0 Å². The van der Waals surface area contributed by atoms with Gasteiger partial charge in [0.1, 0.15) is 0 Å². The van der Waals surface area contributed by atoms with E-state index in [4.69, 9.17) is 46.4 Å². The van der Waals surface area contributed by atoms with Crippen molar-refractivity contribution in [3.63, 3.8) is 0 Å². The molecule has 440 valence electrons. The SMILES string of the molecule is Cc1ccc(/C(C#N)=C/c2cn(CCCc3ccc(Cl)cc3)c3cc(Cl)ccc23)cc1.Cc1ccc(/C(C#N)=C/c2cn(CCCc3ccccc3)c3cc(Cl)ccc23)cc1.Cc1ccc(/C(C#N)=C/c2cn(Cc3cnn(C)c3)c3cc(Cl)ccc23)cc1. The van der Waals surface area contributed by atoms with Crippen LogP contribution in [0, 0.1) is 54.8 Å². The highest BCUT2D eigenvalue weighted by molar-refractivity contribution is 6.32. The first-order valence-electron chi connectivity index (χ1n) is 29.4. The minimum atomic E-state index is 0.635. The van der Waals surface area contributed by atoms with Gasteiger partial charge in [-0.05, 0) is 141 Å². The molecule has 12 heteroatoms. The zero-order valence-corrected chi connectivity index (χ0v) is 53.0. The number of halogens is 4. The molecule has 0 radical (unpaired) electrons. The van der Waals surface area contributed by atoms with Crippen LogP contribution in [0.25, 0.3) is 67.7 Å². The highest BCUT2D eigenvalue weighted by Crippen LogP contribution is 2.33. The Morgan fingerprint density at radius 2 is 0.775 bits per heavy atom. The topological polar surface area (TPSA) is 104 Å². The molecule has 8 nitrogen and oxygen atoms in total. The second-order valence-corrected chi connectivity index (χ2v) is 23.9. The fourth-order valence-electron chi connectivity index (χ4n) is 10.9. The average Bonchev–Trinajstić information content (AvgIpc) is 1.95. The van der Waals surface area contributed by atoms with Crippen molar-refractivity contribution in [3.8, 4) is 18.2 Å². The lowest BCUT2D eigenvalue weighted by Crippen LogP contribution is -1.98. The number of fused-ring (bicyclic) bond motifs is 3. The van der Waals surface area contributed by atoms with E-state index >= 15 is 0 Å². The molecule has 8 aromatic carbocycles. The number of nitriles is 3. The zero-order chi connectivity index (χ0) is 62.4. The van der Waals surface area contributed by atoms with Crippen LogP contribution in [0.5, 0.6) is 0 Å². The van der Waals surface area contributed by atoms with Gasteiger partial charge in [0.2, 0.25) is 0 Å². The monoisotopic (exact) mass is 1240 g/mol. The van der Waals surface area contributed by atoms with Crippen molar-refractivity contribution in [1.29, 1.82) is 15.8 Å². The third-order valence-electron chi connectivity index (χ3n) is 15.6. The summed E-state index contributed by atoms with van der Waals surface area (Å²) in [4.78, 5) is 0. The van der Waals surface area contributed by atoms with Crippen LogP contribution in [0.4, 0.5) is 0 Å². The third kappa shape index (κ3) is 16.2. The van der Waals surface area contributed by atoms with Crippen molar-refractivity contribution in [2.45, 2.75) is 66.1 Å². The minimum Gasteiger partial charge on any atom is -0.347 e. The van der Waals surface area contributed by atoms with Crippen LogP contribution in [0.3, 0.4) is 0 Å². The van der Waals surface area contributed by atoms with E-state index in [-0.39, 0.29) is 0 Å². The normalized spacial score (nSPS) is 11.6. The molecule has 0 aliphatic rings. The summed E-state index contributed by atoms with van der Waals surface area (Å²) in [6.07, 6.45) is 20.1. The van der Waals surface area contributed by atoms with Crippen molar-refractivity contribution < 1.29 is 0 Å². The molecule has 12 aromatic rings. The molecule has 0 saturated heterocycles. The quantitative estimate of drug-likeness (QED) is 0.0899. The van der Waals surface area contributed by atoms with Gasteiger partial charge in [0.25, 0.3) is 0 Å². The molecule has 0 N–H and O–H groups in total. The molecule has 0 spiro atoms. The van der Waals surface area contributed by atoms with Crippen LogP contribution < -0.4 is 0 Å². The molecule has 0 saturated carbocycles. The standard InChI is InChI=1S/C27H22Cl2N2.C27H23ClN2.C23H19ClN4/c1-19-4-8-21(9-5-19)22(17-30)15-23-18-31(27-16-25(29)12-13-26(23)27)14-2-3-20-6-10-24(28)11-7-20;1-20-9-11-22(12-10-20)23(18-29)16-24-19-30(27-17-25(28)13-14-26(24)27)15-5-8-21-6-3-2-4-7-21;1-16-3-5-18(6-4-16)19(11-25)9-20-15-28(14-17-12-26-27(2)13-17)23-10-21(24)7-8-22(20)23/h4-13,15-16,18H,2-3,14H2,1H3;2-4,6-7,9-14,16-17,19H,5,8,15H2,1H3;3-10,12-13,15H,14H2,1-2H3/b22-15+;23-16+;19-9+. The van der Waals surface area contributed by atoms with Gasteiger partial charge in [-0.2, -0.15) is 20.9 Å². The maximum atomic E-state index is 9.76. The Kier molecular flexibility index (Phi) is 20.7. The van der Waals surface area contributed by atoms with E-state index in [1.165, 1.54) is 27.8 Å². The van der Waals surface area contributed by atoms with Crippen LogP contribution in [-0.4, -0.2) is 23.5 Å². The van der Waals surface area contributed by atoms with Crippen molar-refractivity contribution >= 4 is 114 Å². The summed E-state index contributed by atoms with van der Waals surface area (Å²) in [5.74, 6) is 0. The Bertz CT molecular complexity index is 4670. The molecule has 0 unspecified atom stereocenters. The zero-order valence-electron chi connectivity index (χ0n) is 50.0. The summed E-state index contributed by atoms with van der Waals surface area (Å²) in [7, 11) is 1.91. The van der Waals surface area contributed by atoms with E-state index in [0.29, 0.717) is 33.3 Å². The summed E-state index contributed by atoms with van der Waals surface area (Å²) < 4.78 is 8.42. The molecule has 89 heavy (non-hydrogen) atoms. The molecule has 4 heterocycles. The van der Waals surface area contributed by atoms with Crippen molar-refractivity contribution in [2.75, 3.05) is 0 Å². The van der Waals surface area contributed by atoms with Crippen LogP contribution in [0.15, 0.2) is 213 Å². The number of aromatic nitrogens is 5. The molecule has 12 rings (SSSR count). The summed E-state index contributed by atoms with van der Waals surface area (Å²) >= 11 is 24.8.